The number of carboxylic acid groups (broad SMARTS) is 1. The molecule has 1 heterocycles. The van der Waals surface area contributed by atoms with Crippen LogP contribution >= 0.6 is 0 Å². The molecule has 0 bridgehead atoms. The van der Waals surface area contributed by atoms with Crippen LogP contribution < -0.4 is 0 Å². The van der Waals surface area contributed by atoms with Gasteiger partial charge in [0.05, 0.1) is 5.41 Å². The Morgan fingerprint density at radius 2 is 1.90 bits per heavy atom. The van der Waals surface area contributed by atoms with E-state index in [9.17, 15) is 13.8 Å². The Bertz CT molecular complexity index is 569. The maximum Gasteiger partial charge on any atom is 0.311 e. The van der Waals surface area contributed by atoms with Crippen LogP contribution in [0.5, 0.6) is 0 Å². The van der Waals surface area contributed by atoms with Crippen LogP contribution in [0, 0.1) is 5.41 Å². The summed E-state index contributed by atoms with van der Waals surface area (Å²) >= 11 is 0. The van der Waals surface area contributed by atoms with Crippen molar-refractivity contribution in [1.29, 1.82) is 0 Å². The highest BCUT2D eigenvalue weighted by atomic mass is 32.2. The van der Waals surface area contributed by atoms with Gasteiger partial charge in [0, 0.05) is 40.6 Å². The smallest absolute Gasteiger partial charge is 0.311 e. The lowest BCUT2D eigenvalue weighted by atomic mass is 9.90. The molecule has 20 heavy (non-hydrogen) atoms. The molecule has 5 nitrogen and oxygen atoms in total. The summed E-state index contributed by atoms with van der Waals surface area (Å²) < 4.78 is 11.3. The molecule has 1 aromatic rings. The highest BCUT2D eigenvalue weighted by molar-refractivity contribution is 7.84. The second-order valence-corrected chi connectivity index (χ2v) is 6.70. The predicted octanol–water partition coefficient (Wildman–Crippen LogP) is 1.36. The Kier molecular flexibility index (Phi) is 3.94. The minimum atomic E-state index is -1.07. The van der Waals surface area contributed by atoms with Gasteiger partial charge in [0.2, 0.25) is 0 Å². The van der Waals surface area contributed by atoms with Crippen molar-refractivity contribution in [2.75, 3.05) is 19.3 Å². The molecule has 0 aromatic heterocycles. The summed E-state index contributed by atoms with van der Waals surface area (Å²) in [6.07, 6.45) is 2.04. The van der Waals surface area contributed by atoms with Crippen molar-refractivity contribution in [3.8, 4) is 0 Å². The number of aliphatic carboxylic acids is 1. The summed E-state index contributed by atoms with van der Waals surface area (Å²) in [5.41, 5.74) is -0.366. The molecule has 1 aliphatic rings. The van der Waals surface area contributed by atoms with Crippen molar-refractivity contribution in [2.24, 2.45) is 5.41 Å². The highest BCUT2D eigenvalue weighted by Gasteiger charge is 2.42. The Morgan fingerprint density at radius 3 is 2.35 bits per heavy atom. The van der Waals surface area contributed by atoms with Crippen molar-refractivity contribution < 1.29 is 18.9 Å². The van der Waals surface area contributed by atoms with Gasteiger partial charge >= 0.3 is 5.97 Å². The molecule has 108 valence electrons. The van der Waals surface area contributed by atoms with Crippen molar-refractivity contribution in [1.82, 2.24) is 4.90 Å². The second kappa shape index (κ2) is 5.36. The molecule has 0 aliphatic carbocycles. The number of likely N-dealkylation sites (tertiary alicyclic amines) is 1. The zero-order valence-corrected chi connectivity index (χ0v) is 12.3. The fourth-order valence-corrected chi connectivity index (χ4v) is 2.80. The third kappa shape index (κ3) is 2.75. The molecule has 2 atom stereocenters. The van der Waals surface area contributed by atoms with E-state index in [1.165, 1.54) is 0 Å². The summed E-state index contributed by atoms with van der Waals surface area (Å²) in [4.78, 5) is 25.7. The highest BCUT2D eigenvalue weighted by Crippen LogP contribution is 2.31. The topological polar surface area (TPSA) is 74.7 Å². The molecular formula is C14H17NO4S. The molecule has 1 N–H and O–H groups in total. The van der Waals surface area contributed by atoms with Crippen LogP contribution in [0.3, 0.4) is 0 Å². The van der Waals surface area contributed by atoms with Gasteiger partial charge in [0.15, 0.2) is 0 Å². The normalized spacial score (nSPS) is 23.6. The monoisotopic (exact) mass is 295 g/mol. The molecule has 1 amide bonds. The van der Waals surface area contributed by atoms with Gasteiger partial charge < -0.3 is 10.0 Å². The van der Waals surface area contributed by atoms with Crippen LogP contribution in [-0.2, 0) is 15.6 Å². The molecule has 1 aromatic carbocycles. The van der Waals surface area contributed by atoms with Crippen LogP contribution in [0.1, 0.15) is 23.7 Å². The van der Waals surface area contributed by atoms with Gasteiger partial charge in [-0.15, -0.1) is 0 Å². The summed E-state index contributed by atoms with van der Waals surface area (Å²) in [6.45, 7) is 2.33. The first kappa shape index (κ1) is 14.7. The standard InChI is InChI=1S/C14H17NO4S/c1-14(13(17)18)7-8-15(9-14)12(16)10-3-5-11(6-4-10)20(2)19/h3-6H,7-9H2,1-2H3,(H,17,18)/t14-,20-/m1/s1. The lowest BCUT2D eigenvalue weighted by Gasteiger charge is -2.20. The van der Waals surface area contributed by atoms with E-state index >= 15 is 0 Å². The summed E-state index contributed by atoms with van der Waals surface area (Å²) in [7, 11) is -1.07. The van der Waals surface area contributed by atoms with E-state index in [0.29, 0.717) is 23.4 Å². The fraction of sp³-hybridized carbons (Fsp3) is 0.429. The third-order valence-electron chi connectivity index (χ3n) is 3.71. The Morgan fingerprint density at radius 1 is 1.30 bits per heavy atom. The van der Waals surface area contributed by atoms with E-state index in [1.54, 1.807) is 42.3 Å². The number of carboxylic acids is 1. The van der Waals surface area contributed by atoms with E-state index in [-0.39, 0.29) is 12.5 Å². The number of nitrogens with zero attached hydrogens (tertiary/aromatic N) is 1. The fourth-order valence-electron chi connectivity index (χ4n) is 2.28. The van der Waals surface area contributed by atoms with Gasteiger partial charge in [-0.05, 0) is 37.6 Å². The number of hydrogen-bond donors (Lipinski definition) is 1. The minimum absolute atomic E-state index is 0.177. The molecule has 6 heteroatoms. The predicted molar refractivity (Wildman–Crippen MR) is 75.0 cm³/mol. The van der Waals surface area contributed by atoms with Gasteiger partial charge in [-0.2, -0.15) is 0 Å². The van der Waals surface area contributed by atoms with Gasteiger partial charge in [-0.3, -0.25) is 13.8 Å². The summed E-state index contributed by atoms with van der Waals surface area (Å²) in [5, 5.41) is 9.17. The number of carbonyl (C=O) groups excluding carboxylic acids is 1. The van der Waals surface area contributed by atoms with Crippen molar-refractivity contribution in [3.63, 3.8) is 0 Å². The lowest BCUT2D eigenvalue weighted by molar-refractivity contribution is -0.147. The van der Waals surface area contributed by atoms with Crippen LogP contribution in [0.25, 0.3) is 0 Å². The maximum absolute atomic E-state index is 12.3. The first-order valence-corrected chi connectivity index (χ1v) is 7.85. The average molecular weight is 295 g/mol. The van der Waals surface area contributed by atoms with E-state index in [1.807, 2.05) is 0 Å². The SMILES string of the molecule is C[S@@](=O)c1ccc(C(=O)N2CC[C@@](C)(C(=O)O)C2)cc1. The van der Waals surface area contributed by atoms with Crippen LogP contribution in [0.4, 0.5) is 0 Å². The average Bonchev–Trinajstić information content (AvgIpc) is 2.82. The van der Waals surface area contributed by atoms with E-state index < -0.39 is 22.2 Å². The first-order chi connectivity index (χ1) is 9.33. The zero-order chi connectivity index (χ0) is 14.9. The number of benzene rings is 1. The Hall–Kier alpha value is -1.69. The summed E-state index contributed by atoms with van der Waals surface area (Å²) in [5.74, 6) is -1.05. The van der Waals surface area contributed by atoms with Crippen molar-refractivity contribution in [2.45, 2.75) is 18.2 Å². The van der Waals surface area contributed by atoms with Crippen molar-refractivity contribution >= 4 is 22.7 Å². The number of hydrogen-bond acceptors (Lipinski definition) is 3. The third-order valence-corrected chi connectivity index (χ3v) is 4.65. The van der Waals surface area contributed by atoms with Crippen LogP contribution in [0.15, 0.2) is 29.2 Å². The molecule has 0 saturated carbocycles. The maximum atomic E-state index is 12.3. The van der Waals surface area contributed by atoms with Crippen LogP contribution in [-0.4, -0.2) is 45.4 Å². The molecule has 1 aliphatic heterocycles. The molecule has 0 radical (unpaired) electrons. The molecular weight excluding hydrogens is 278 g/mol. The first-order valence-electron chi connectivity index (χ1n) is 6.30. The molecule has 0 spiro atoms. The summed E-state index contributed by atoms with van der Waals surface area (Å²) in [6, 6.07) is 6.59. The van der Waals surface area contributed by atoms with Crippen molar-refractivity contribution in [3.05, 3.63) is 29.8 Å². The van der Waals surface area contributed by atoms with E-state index in [0.717, 1.165) is 0 Å². The van der Waals surface area contributed by atoms with Gasteiger partial charge in [-0.25, -0.2) is 0 Å². The Labute approximate surface area is 120 Å². The Balaban J connectivity index is 2.13. The van der Waals surface area contributed by atoms with Gasteiger partial charge in [-0.1, -0.05) is 0 Å². The quantitative estimate of drug-likeness (QED) is 0.913. The van der Waals surface area contributed by atoms with Gasteiger partial charge in [0.25, 0.3) is 5.91 Å². The minimum Gasteiger partial charge on any atom is -0.481 e. The van der Waals surface area contributed by atoms with Gasteiger partial charge in [0.1, 0.15) is 0 Å². The molecule has 0 unspecified atom stereocenters. The second-order valence-electron chi connectivity index (χ2n) is 5.32. The number of rotatable bonds is 3. The van der Waals surface area contributed by atoms with E-state index in [2.05, 4.69) is 0 Å². The molecule has 2 rings (SSSR count). The lowest BCUT2D eigenvalue weighted by Crippen LogP contribution is -2.34. The zero-order valence-electron chi connectivity index (χ0n) is 11.5. The molecule has 1 fully saturated rings. The number of carbonyl (C=O) groups is 2. The molecule has 1 saturated heterocycles. The largest absolute Gasteiger partial charge is 0.481 e. The van der Waals surface area contributed by atoms with E-state index in [4.69, 9.17) is 5.11 Å². The number of amides is 1. The van der Waals surface area contributed by atoms with Crippen LogP contribution in [0.2, 0.25) is 0 Å².